The van der Waals surface area contributed by atoms with E-state index in [0.29, 0.717) is 12.1 Å². The smallest absolute Gasteiger partial charge is 0.254 e. The monoisotopic (exact) mass is 269 g/mol. The Balaban J connectivity index is 2.20. The molecule has 2 rings (SSSR count). The summed E-state index contributed by atoms with van der Waals surface area (Å²) in [5.74, 6) is 0.143. The maximum absolute atomic E-state index is 12.5. The Morgan fingerprint density at radius 1 is 1.05 bits per heavy atom. The van der Waals surface area contributed by atoms with Gasteiger partial charge in [-0.1, -0.05) is 30.3 Å². The number of phenolic OH excluding ortho intramolecular Hbond substituents is 1. The van der Waals surface area contributed by atoms with Crippen molar-refractivity contribution >= 4 is 5.91 Å². The first-order valence-corrected chi connectivity index (χ1v) is 6.72. The van der Waals surface area contributed by atoms with Gasteiger partial charge in [0.1, 0.15) is 5.75 Å². The number of rotatable bonds is 4. The van der Waals surface area contributed by atoms with Crippen molar-refractivity contribution in [3.05, 3.63) is 65.7 Å². The molecular formula is C17H19NO2. The molecule has 3 nitrogen and oxygen atoms in total. The van der Waals surface area contributed by atoms with Crippen LogP contribution in [0.4, 0.5) is 0 Å². The highest BCUT2D eigenvalue weighted by atomic mass is 16.3. The summed E-state index contributed by atoms with van der Waals surface area (Å²) in [4.78, 5) is 14.4. The van der Waals surface area contributed by atoms with Crippen molar-refractivity contribution in [2.45, 2.75) is 26.4 Å². The van der Waals surface area contributed by atoms with Gasteiger partial charge in [0.2, 0.25) is 0 Å². The van der Waals surface area contributed by atoms with E-state index in [2.05, 4.69) is 0 Å². The minimum absolute atomic E-state index is 0.0242. The molecule has 0 atom stereocenters. The van der Waals surface area contributed by atoms with Crippen molar-refractivity contribution in [3.8, 4) is 5.75 Å². The lowest BCUT2D eigenvalue weighted by molar-refractivity contribution is 0.0690. The van der Waals surface area contributed by atoms with Crippen molar-refractivity contribution < 1.29 is 9.90 Å². The summed E-state index contributed by atoms with van der Waals surface area (Å²) in [6.07, 6.45) is 0. The average molecular weight is 269 g/mol. The van der Waals surface area contributed by atoms with Gasteiger partial charge in [0.15, 0.2) is 0 Å². The first-order valence-electron chi connectivity index (χ1n) is 6.72. The fourth-order valence-electron chi connectivity index (χ4n) is 2.04. The number of amides is 1. The minimum atomic E-state index is -0.0242. The molecule has 0 aliphatic carbocycles. The number of benzene rings is 2. The standard InChI is InChI=1S/C17H19NO2/c1-13(2)18(12-14-6-4-3-5-7-14)17(20)15-8-10-16(19)11-9-15/h3-11,13,19H,12H2,1-2H3. The van der Waals surface area contributed by atoms with Crippen molar-refractivity contribution in [2.24, 2.45) is 0 Å². The summed E-state index contributed by atoms with van der Waals surface area (Å²) in [5.41, 5.74) is 1.70. The lowest BCUT2D eigenvalue weighted by atomic mass is 10.1. The molecule has 0 fully saturated rings. The number of hydrogen-bond acceptors (Lipinski definition) is 2. The summed E-state index contributed by atoms with van der Waals surface area (Å²) in [5, 5.41) is 9.30. The third-order valence-electron chi connectivity index (χ3n) is 3.19. The van der Waals surface area contributed by atoms with Crippen molar-refractivity contribution in [2.75, 3.05) is 0 Å². The summed E-state index contributed by atoms with van der Waals surface area (Å²) in [6.45, 7) is 4.58. The van der Waals surface area contributed by atoms with Gasteiger partial charge in [-0.2, -0.15) is 0 Å². The van der Waals surface area contributed by atoms with Gasteiger partial charge in [-0.15, -0.1) is 0 Å². The molecule has 0 bridgehead atoms. The zero-order chi connectivity index (χ0) is 14.5. The van der Waals surface area contributed by atoms with E-state index < -0.39 is 0 Å². The van der Waals surface area contributed by atoms with Crippen LogP contribution in [-0.4, -0.2) is 22.0 Å². The van der Waals surface area contributed by atoms with Crippen LogP contribution in [0.15, 0.2) is 54.6 Å². The van der Waals surface area contributed by atoms with E-state index in [9.17, 15) is 9.90 Å². The average Bonchev–Trinajstić information content (AvgIpc) is 2.45. The molecule has 0 radical (unpaired) electrons. The molecule has 0 aliphatic heterocycles. The number of nitrogens with zero attached hydrogens (tertiary/aromatic N) is 1. The van der Waals surface area contributed by atoms with Crippen LogP contribution in [0.5, 0.6) is 5.75 Å². The second-order valence-electron chi connectivity index (χ2n) is 5.06. The first kappa shape index (κ1) is 14.1. The Labute approximate surface area is 119 Å². The highest BCUT2D eigenvalue weighted by molar-refractivity contribution is 5.94. The Bertz CT molecular complexity index is 561. The van der Waals surface area contributed by atoms with Gasteiger partial charge in [0.25, 0.3) is 5.91 Å². The van der Waals surface area contributed by atoms with E-state index in [-0.39, 0.29) is 17.7 Å². The Hall–Kier alpha value is -2.29. The number of hydrogen-bond donors (Lipinski definition) is 1. The van der Waals surface area contributed by atoms with E-state index in [1.54, 1.807) is 12.1 Å². The zero-order valence-electron chi connectivity index (χ0n) is 11.8. The number of carbonyl (C=O) groups excluding carboxylic acids is 1. The second kappa shape index (κ2) is 6.24. The SMILES string of the molecule is CC(C)N(Cc1ccccc1)C(=O)c1ccc(O)cc1. The van der Waals surface area contributed by atoms with Crippen LogP contribution in [0.2, 0.25) is 0 Å². The van der Waals surface area contributed by atoms with Gasteiger partial charge in [-0.3, -0.25) is 4.79 Å². The predicted octanol–water partition coefficient (Wildman–Crippen LogP) is 3.44. The zero-order valence-corrected chi connectivity index (χ0v) is 11.8. The van der Waals surface area contributed by atoms with E-state index in [1.165, 1.54) is 12.1 Å². The quantitative estimate of drug-likeness (QED) is 0.923. The third-order valence-corrected chi connectivity index (χ3v) is 3.19. The maximum Gasteiger partial charge on any atom is 0.254 e. The van der Waals surface area contributed by atoms with Crippen LogP contribution in [0.25, 0.3) is 0 Å². The highest BCUT2D eigenvalue weighted by Gasteiger charge is 2.18. The molecule has 0 heterocycles. The van der Waals surface area contributed by atoms with E-state index in [0.717, 1.165) is 5.56 Å². The lowest BCUT2D eigenvalue weighted by Gasteiger charge is -2.27. The fourth-order valence-corrected chi connectivity index (χ4v) is 2.04. The van der Waals surface area contributed by atoms with Crippen LogP contribution in [0, 0.1) is 0 Å². The van der Waals surface area contributed by atoms with Crippen LogP contribution in [0.3, 0.4) is 0 Å². The number of carbonyl (C=O) groups is 1. The molecule has 1 amide bonds. The lowest BCUT2D eigenvalue weighted by Crippen LogP contribution is -2.36. The Morgan fingerprint density at radius 2 is 1.65 bits per heavy atom. The molecule has 0 aromatic heterocycles. The molecule has 0 unspecified atom stereocenters. The molecule has 0 saturated carbocycles. The second-order valence-corrected chi connectivity index (χ2v) is 5.06. The summed E-state index contributed by atoms with van der Waals surface area (Å²) in [6, 6.07) is 16.4. The Kier molecular flexibility index (Phi) is 4.41. The van der Waals surface area contributed by atoms with Crippen molar-refractivity contribution in [1.82, 2.24) is 4.90 Å². The normalized spacial score (nSPS) is 10.6. The van der Waals surface area contributed by atoms with Gasteiger partial charge in [-0.25, -0.2) is 0 Å². The molecular weight excluding hydrogens is 250 g/mol. The molecule has 20 heavy (non-hydrogen) atoms. The van der Waals surface area contributed by atoms with Gasteiger partial charge >= 0.3 is 0 Å². The molecule has 1 N–H and O–H groups in total. The van der Waals surface area contributed by atoms with Gasteiger partial charge < -0.3 is 10.0 Å². The molecule has 0 aliphatic rings. The number of aromatic hydroxyl groups is 1. The Morgan fingerprint density at radius 3 is 2.20 bits per heavy atom. The first-order chi connectivity index (χ1) is 9.58. The molecule has 104 valence electrons. The summed E-state index contributed by atoms with van der Waals surface area (Å²) in [7, 11) is 0. The van der Waals surface area contributed by atoms with Gasteiger partial charge in [-0.05, 0) is 43.7 Å². The molecule has 0 spiro atoms. The van der Waals surface area contributed by atoms with Crippen molar-refractivity contribution in [1.29, 1.82) is 0 Å². The largest absolute Gasteiger partial charge is 0.508 e. The minimum Gasteiger partial charge on any atom is -0.508 e. The number of phenols is 1. The topological polar surface area (TPSA) is 40.5 Å². The van der Waals surface area contributed by atoms with Crippen LogP contribution >= 0.6 is 0 Å². The molecule has 0 saturated heterocycles. The van der Waals surface area contributed by atoms with Crippen LogP contribution < -0.4 is 0 Å². The van der Waals surface area contributed by atoms with E-state index in [1.807, 2.05) is 49.1 Å². The molecule has 2 aromatic carbocycles. The van der Waals surface area contributed by atoms with Crippen LogP contribution in [0.1, 0.15) is 29.8 Å². The van der Waals surface area contributed by atoms with Crippen LogP contribution in [-0.2, 0) is 6.54 Å². The van der Waals surface area contributed by atoms with E-state index >= 15 is 0 Å². The fraction of sp³-hybridized carbons (Fsp3) is 0.235. The third kappa shape index (κ3) is 3.38. The maximum atomic E-state index is 12.5. The van der Waals surface area contributed by atoms with Gasteiger partial charge in [0, 0.05) is 18.2 Å². The molecule has 2 aromatic rings. The van der Waals surface area contributed by atoms with E-state index in [4.69, 9.17) is 0 Å². The summed E-state index contributed by atoms with van der Waals surface area (Å²) < 4.78 is 0. The highest BCUT2D eigenvalue weighted by Crippen LogP contribution is 2.16. The summed E-state index contributed by atoms with van der Waals surface area (Å²) >= 11 is 0. The van der Waals surface area contributed by atoms with Gasteiger partial charge in [0.05, 0.1) is 0 Å². The predicted molar refractivity (Wildman–Crippen MR) is 79.6 cm³/mol. The van der Waals surface area contributed by atoms with Crippen molar-refractivity contribution in [3.63, 3.8) is 0 Å². The molecule has 3 heteroatoms.